The van der Waals surface area contributed by atoms with Crippen molar-refractivity contribution in [2.45, 2.75) is 6.04 Å². The second-order valence-corrected chi connectivity index (χ2v) is 4.11. The molecule has 0 aliphatic heterocycles. The zero-order valence-electron chi connectivity index (χ0n) is 9.88. The first-order valence-corrected chi connectivity index (χ1v) is 5.69. The lowest BCUT2D eigenvalue weighted by Crippen LogP contribution is -2.28. The van der Waals surface area contributed by atoms with Crippen molar-refractivity contribution in [3.63, 3.8) is 0 Å². The molecule has 3 aromatic rings. The molecule has 5 nitrogen and oxygen atoms in total. The van der Waals surface area contributed by atoms with Crippen LogP contribution in [0.3, 0.4) is 0 Å². The summed E-state index contributed by atoms with van der Waals surface area (Å²) in [6.45, 7) is 0. The predicted octanol–water partition coefficient (Wildman–Crippen LogP) is 1.91. The van der Waals surface area contributed by atoms with Gasteiger partial charge in [-0.15, -0.1) is 0 Å². The summed E-state index contributed by atoms with van der Waals surface area (Å²) in [5, 5.41) is 8.20. The highest BCUT2D eigenvalue weighted by molar-refractivity contribution is 5.78. The van der Waals surface area contributed by atoms with Crippen LogP contribution >= 0.6 is 0 Å². The van der Waals surface area contributed by atoms with Crippen molar-refractivity contribution in [1.29, 1.82) is 0 Å². The molecular formula is C13H11FN4O. The molecule has 96 valence electrons. The van der Waals surface area contributed by atoms with E-state index in [0.717, 1.165) is 5.56 Å². The van der Waals surface area contributed by atoms with Crippen molar-refractivity contribution in [2.24, 2.45) is 5.84 Å². The molecule has 3 N–H and O–H groups in total. The molecule has 0 aliphatic rings. The van der Waals surface area contributed by atoms with Gasteiger partial charge in [0.15, 0.2) is 0 Å². The molecule has 6 heteroatoms. The molecule has 2 aromatic heterocycles. The van der Waals surface area contributed by atoms with Gasteiger partial charge in [-0.25, -0.2) is 9.82 Å². The van der Waals surface area contributed by atoms with Crippen molar-refractivity contribution in [1.82, 2.24) is 15.6 Å². The number of benzene rings is 1. The van der Waals surface area contributed by atoms with E-state index in [9.17, 15) is 4.39 Å². The van der Waals surface area contributed by atoms with E-state index in [0.29, 0.717) is 16.7 Å². The van der Waals surface area contributed by atoms with Crippen LogP contribution in [0.5, 0.6) is 0 Å². The number of nitrogens with zero attached hydrogens (tertiary/aromatic N) is 2. The number of rotatable bonds is 3. The fraction of sp³-hybridized carbons (Fsp3) is 0.0769. The molecule has 0 fully saturated rings. The van der Waals surface area contributed by atoms with Gasteiger partial charge in [0.2, 0.25) is 0 Å². The highest BCUT2D eigenvalue weighted by Crippen LogP contribution is 2.27. The molecule has 0 saturated heterocycles. The largest absolute Gasteiger partial charge is 0.459 e. The molecule has 0 spiro atoms. The van der Waals surface area contributed by atoms with E-state index >= 15 is 0 Å². The summed E-state index contributed by atoms with van der Waals surface area (Å²) in [5.74, 6) is 5.85. The standard InChI is InChI=1S/C13H11FN4O/c14-10-1-2-11-9(5-10)6-12(19-11)13(18-15)8-3-4-16-17-7-8/h1-7,13,18H,15H2. The highest BCUT2D eigenvalue weighted by Gasteiger charge is 2.17. The predicted molar refractivity (Wildman–Crippen MR) is 67.4 cm³/mol. The second kappa shape index (κ2) is 4.75. The number of fused-ring (bicyclic) bond motifs is 1. The van der Waals surface area contributed by atoms with Crippen LogP contribution in [0, 0.1) is 5.82 Å². The quantitative estimate of drug-likeness (QED) is 0.554. The van der Waals surface area contributed by atoms with Gasteiger partial charge in [0, 0.05) is 11.6 Å². The van der Waals surface area contributed by atoms with Gasteiger partial charge in [-0.3, -0.25) is 5.84 Å². The van der Waals surface area contributed by atoms with Crippen LogP contribution in [-0.4, -0.2) is 10.2 Å². The average Bonchev–Trinajstić information content (AvgIpc) is 2.83. The lowest BCUT2D eigenvalue weighted by atomic mass is 10.1. The second-order valence-electron chi connectivity index (χ2n) is 4.11. The molecular weight excluding hydrogens is 247 g/mol. The van der Waals surface area contributed by atoms with Gasteiger partial charge in [0.25, 0.3) is 0 Å². The number of furan rings is 1. The third kappa shape index (κ3) is 2.18. The van der Waals surface area contributed by atoms with Gasteiger partial charge in [0.05, 0.1) is 6.20 Å². The first kappa shape index (κ1) is 11.8. The van der Waals surface area contributed by atoms with E-state index in [1.165, 1.54) is 12.1 Å². The van der Waals surface area contributed by atoms with Crippen molar-refractivity contribution < 1.29 is 8.81 Å². The van der Waals surface area contributed by atoms with Gasteiger partial charge in [-0.1, -0.05) is 0 Å². The Labute approximate surface area is 108 Å². The molecule has 1 atom stereocenters. The molecule has 1 aromatic carbocycles. The van der Waals surface area contributed by atoms with Crippen molar-refractivity contribution in [2.75, 3.05) is 0 Å². The molecule has 2 heterocycles. The lowest BCUT2D eigenvalue weighted by Gasteiger charge is -2.12. The van der Waals surface area contributed by atoms with Crippen LogP contribution < -0.4 is 11.3 Å². The van der Waals surface area contributed by atoms with Crippen LogP contribution in [0.4, 0.5) is 4.39 Å². The maximum Gasteiger partial charge on any atom is 0.134 e. The third-order valence-electron chi connectivity index (χ3n) is 2.89. The average molecular weight is 258 g/mol. The zero-order valence-corrected chi connectivity index (χ0v) is 9.88. The number of aromatic nitrogens is 2. The van der Waals surface area contributed by atoms with E-state index in [1.807, 2.05) is 0 Å². The van der Waals surface area contributed by atoms with E-state index < -0.39 is 0 Å². The molecule has 1 unspecified atom stereocenters. The number of hydrogen-bond donors (Lipinski definition) is 2. The monoisotopic (exact) mass is 258 g/mol. The Bertz CT molecular complexity index is 698. The summed E-state index contributed by atoms with van der Waals surface area (Å²) < 4.78 is 18.8. The van der Waals surface area contributed by atoms with Gasteiger partial charge < -0.3 is 4.42 Å². The zero-order chi connectivity index (χ0) is 13.2. The fourth-order valence-corrected chi connectivity index (χ4v) is 1.99. The normalized spacial score (nSPS) is 12.7. The van der Waals surface area contributed by atoms with Crippen molar-refractivity contribution in [3.05, 3.63) is 59.9 Å². The van der Waals surface area contributed by atoms with E-state index in [1.54, 1.807) is 30.6 Å². The molecule has 0 amide bonds. The molecule has 19 heavy (non-hydrogen) atoms. The first-order chi connectivity index (χ1) is 9.28. The Morgan fingerprint density at radius 3 is 2.84 bits per heavy atom. The first-order valence-electron chi connectivity index (χ1n) is 5.69. The minimum atomic E-state index is -0.356. The smallest absolute Gasteiger partial charge is 0.134 e. The fourth-order valence-electron chi connectivity index (χ4n) is 1.99. The molecule has 0 saturated carbocycles. The number of nitrogens with two attached hydrogens (primary N) is 1. The van der Waals surface area contributed by atoms with E-state index in [-0.39, 0.29) is 11.9 Å². The number of nitrogens with one attached hydrogen (secondary N) is 1. The van der Waals surface area contributed by atoms with E-state index in [2.05, 4.69) is 15.6 Å². The van der Waals surface area contributed by atoms with Gasteiger partial charge in [-0.2, -0.15) is 10.2 Å². The highest BCUT2D eigenvalue weighted by atomic mass is 19.1. The number of hydrazine groups is 1. The Morgan fingerprint density at radius 2 is 2.11 bits per heavy atom. The Morgan fingerprint density at radius 1 is 1.21 bits per heavy atom. The minimum absolute atomic E-state index is 0.303. The van der Waals surface area contributed by atoms with Crippen LogP contribution in [-0.2, 0) is 0 Å². The van der Waals surface area contributed by atoms with Crippen LogP contribution in [0.1, 0.15) is 17.4 Å². The van der Waals surface area contributed by atoms with Crippen LogP contribution in [0.2, 0.25) is 0 Å². The third-order valence-corrected chi connectivity index (χ3v) is 2.89. The summed E-state index contributed by atoms with van der Waals surface area (Å²) in [5.41, 5.74) is 4.08. The summed E-state index contributed by atoms with van der Waals surface area (Å²) >= 11 is 0. The minimum Gasteiger partial charge on any atom is -0.459 e. The molecule has 0 radical (unpaired) electrons. The van der Waals surface area contributed by atoms with Crippen LogP contribution in [0.15, 0.2) is 47.1 Å². The maximum absolute atomic E-state index is 13.2. The topological polar surface area (TPSA) is 77.0 Å². The molecule has 0 aliphatic carbocycles. The Balaban J connectivity index is 2.07. The lowest BCUT2D eigenvalue weighted by molar-refractivity contribution is 0.476. The maximum atomic E-state index is 13.2. The SMILES string of the molecule is NNC(c1ccnnc1)c1cc2cc(F)ccc2o1. The van der Waals surface area contributed by atoms with E-state index in [4.69, 9.17) is 10.3 Å². The summed E-state index contributed by atoms with van der Waals surface area (Å²) in [6, 6.07) is 7.54. The Hall–Kier alpha value is -2.31. The Kier molecular flexibility index (Phi) is 2.94. The summed E-state index contributed by atoms with van der Waals surface area (Å²) in [6.07, 6.45) is 3.17. The summed E-state index contributed by atoms with van der Waals surface area (Å²) in [4.78, 5) is 0. The molecule has 3 rings (SSSR count). The van der Waals surface area contributed by atoms with Gasteiger partial charge in [0.1, 0.15) is 23.2 Å². The number of halogens is 1. The number of hydrogen-bond acceptors (Lipinski definition) is 5. The summed E-state index contributed by atoms with van der Waals surface area (Å²) in [7, 11) is 0. The van der Waals surface area contributed by atoms with Crippen LogP contribution in [0.25, 0.3) is 11.0 Å². The van der Waals surface area contributed by atoms with Gasteiger partial charge >= 0.3 is 0 Å². The van der Waals surface area contributed by atoms with Crippen molar-refractivity contribution >= 4 is 11.0 Å². The molecule has 0 bridgehead atoms. The van der Waals surface area contributed by atoms with Gasteiger partial charge in [-0.05, 0) is 35.9 Å². The van der Waals surface area contributed by atoms with Crippen molar-refractivity contribution in [3.8, 4) is 0 Å².